The van der Waals surface area contributed by atoms with Crippen molar-refractivity contribution in [3.05, 3.63) is 0 Å². The van der Waals surface area contributed by atoms with Crippen molar-refractivity contribution in [2.45, 2.75) is 91.2 Å². The lowest BCUT2D eigenvalue weighted by Gasteiger charge is -2.40. The SMILES string of the molecule is COCOC(CC(=O)OC(C)(C)C)C1CC2CC1C(C1C(=O)OC(=O)C1CC(C)C(=O)OC(C)C(F)(F)F)C2C. The van der Waals surface area contributed by atoms with Gasteiger partial charge in [0, 0.05) is 7.11 Å². The van der Waals surface area contributed by atoms with Crippen molar-refractivity contribution in [3.8, 4) is 0 Å². The molecule has 0 radical (unpaired) electrons. The molecule has 9 nitrogen and oxygen atoms in total. The van der Waals surface area contributed by atoms with Crippen LogP contribution in [0.4, 0.5) is 13.2 Å². The van der Waals surface area contributed by atoms with Gasteiger partial charge in [0.15, 0.2) is 6.10 Å². The second kappa shape index (κ2) is 12.3. The summed E-state index contributed by atoms with van der Waals surface area (Å²) in [6.45, 7) is 9.40. The highest BCUT2D eigenvalue weighted by Crippen LogP contribution is 2.61. The molecule has 0 aromatic rings. The van der Waals surface area contributed by atoms with Crippen LogP contribution in [0.2, 0.25) is 0 Å². The van der Waals surface area contributed by atoms with E-state index in [0.717, 1.165) is 19.8 Å². The summed E-state index contributed by atoms with van der Waals surface area (Å²) in [5.74, 6) is -6.15. The van der Waals surface area contributed by atoms with Crippen LogP contribution < -0.4 is 0 Å². The van der Waals surface area contributed by atoms with E-state index in [9.17, 15) is 32.3 Å². The molecule has 228 valence electrons. The smallest absolute Gasteiger partial charge is 0.425 e. The number of carbonyl (C=O) groups is 4. The lowest BCUT2D eigenvalue weighted by atomic mass is 9.64. The zero-order chi connectivity index (χ0) is 30.2. The average molecular weight is 579 g/mol. The maximum Gasteiger partial charge on any atom is 0.425 e. The van der Waals surface area contributed by atoms with Crippen molar-refractivity contribution in [1.29, 1.82) is 0 Å². The minimum Gasteiger partial charge on any atom is -0.460 e. The van der Waals surface area contributed by atoms with E-state index in [1.165, 1.54) is 14.0 Å². The fourth-order valence-electron chi connectivity index (χ4n) is 6.83. The van der Waals surface area contributed by atoms with Crippen molar-refractivity contribution in [2.24, 2.45) is 47.3 Å². The molecule has 2 bridgehead atoms. The van der Waals surface area contributed by atoms with Gasteiger partial charge < -0.3 is 23.7 Å². The molecule has 1 heterocycles. The predicted molar refractivity (Wildman–Crippen MR) is 133 cm³/mol. The van der Waals surface area contributed by atoms with Crippen molar-refractivity contribution < 1.29 is 56.0 Å². The third kappa shape index (κ3) is 7.35. The molecule has 10 atom stereocenters. The molecule has 1 aliphatic heterocycles. The Kier molecular flexibility index (Phi) is 9.97. The van der Waals surface area contributed by atoms with Crippen molar-refractivity contribution in [2.75, 3.05) is 13.9 Å². The first-order chi connectivity index (χ1) is 18.4. The van der Waals surface area contributed by atoms with E-state index < -0.39 is 65.6 Å². The van der Waals surface area contributed by atoms with Crippen molar-refractivity contribution in [1.82, 2.24) is 0 Å². The van der Waals surface area contributed by atoms with Gasteiger partial charge in [-0.25, -0.2) is 0 Å². The van der Waals surface area contributed by atoms with Crippen LogP contribution in [0.25, 0.3) is 0 Å². The maximum absolute atomic E-state index is 13.0. The minimum absolute atomic E-state index is 0.00659. The fourth-order valence-corrected chi connectivity index (χ4v) is 6.83. The Morgan fingerprint density at radius 2 is 1.73 bits per heavy atom. The summed E-state index contributed by atoms with van der Waals surface area (Å²) >= 11 is 0. The third-order valence-corrected chi connectivity index (χ3v) is 8.60. The molecule has 1 saturated heterocycles. The number of alkyl halides is 3. The standard InChI is InChI=1S/C28H41F3O9/c1-13(24(33)38-15(3)28(29,30)31)8-19-23(26(35)39-25(19)34)22-14(2)16-9-17(18(22)10-16)20(37-12-36-7)11-21(32)40-27(4,5)6/h13-20,22-23H,8-12H2,1-7H3. The van der Waals surface area contributed by atoms with Gasteiger partial charge in [0.1, 0.15) is 12.4 Å². The molecule has 12 heteroatoms. The summed E-state index contributed by atoms with van der Waals surface area (Å²) in [7, 11) is 1.47. The molecule has 3 aliphatic rings. The summed E-state index contributed by atoms with van der Waals surface area (Å²) in [4.78, 5) is 50.9. The van der Waals surface area contributed by atoms with E-state index in [0.29, 0.717) is 0 Å². The Bertz CT molecular complexity index is 960. The molecular weight excluding hydrogens is 537 g/mol. The van der Waals surface area contributed by atoms with E-state index in [1.54, 1.807) is 20.8 Å². The van der Waals surface area contributed by atoms with Crippen LogP contribution in [0, 0.1) is 47.3 Å². The molecule has 2 aliphatic carbocycles. The van der Waals surface area contributed by atoms with Gasteiger partial charge in [-0.05, 0) is 76.5 Å². The highest BCUT2D eigenvalue weighted by Gasteiger charge is 2.61. The van der Waals surface area contributed by atoms with Gasteiger partial charge in [-0.1, -0.05) is 13.8 Å². The molecule has 0 N–H and O–H groups in total. The largest absolute Gasteiger partial charge is 0.460 e. The molecule has 0 aromatic carbocycles. The molecule has 3 rings (SSSR count). The number of fused-ring (bicyclic) bond motifs is 2. The molecule has 0 spiro atoms. The number of carbonyl (C=O) groups excluding carboxylic acids is 4. The summed E-state index contributed by atoms with van der Waals surface area (Å²) < 4.78 is 64.8. The number of cyclic esters (lactones) is 2. The molecular formula is C28H41F3O9. The second-order valence-electron chi connectivity index (χ2n) is 12.5. The van der Waals surface area contributed by atoms with Crippen LogP contribution in [0.1, 0.15) is 67.2 Å². The predicted octanol–water partition coefficient (Wildman–Crippen LogP) is 4.45. The van der Waals surface area contributed by atoms with Gasteiger partial charge in [0.05, 0.1) is 30.3 Å². The van der Waals surface area contributed by atoms with Gasteiger partial charge in [-0.2, -0.15) is 13.2 Å². The first-order valence-electron chi connectivity index (χ1n) is 13.8. The zero-order valence-corrected chi connectivity index (χ0v) is 24.1. The van der Waals surface area contributed by atoms with Crippen molar-refractivity contribution in [3.63, 3.8) is 0 Å². The Hall–Kier alpha value is -2.21. The number of esters is 4. The van der Waals surface area contributed by atoms with E-state index in [4.69, 9.17) is 18.9 Å². The van der Waals surface area contributed by atoms with Crippen LogP contribution in [-0.2, 0) is 42.9 Å². The van der Waals surface area contributed by atoms with E-state index in [2.05, 4.69) is 4.74 Å². The van der Waals surface area contributed by atoms with Gasteiger partial charge >= 0.3 is 30.1 Å². The zero-order valence-electron chi connectivity index (χ0n) is 24.1. The minimum atomic E-state index is -4.71. The number of halogens is 3. The lowest BCUT2D eigenvalue weighted by Crippen LogP contribution is -2.43. The number of rotatable bonds is 11. The average Bonchev–Trinajstić information content (AvgIpc) is 3.46. The lowest BCUT2D eigenvalue weighted by molar-refractivity contribution is -0.218. The molecule has 3 fully saturated rings. The topological polar surface area (TPSA) is 114 Å². The number of ether oxygens (including phenoxy) is 5. The van der Waals surface area contributed by atoms with Crippen molar-refractivity contribution >= 4 is 23.9 Å². The van der Waals surface area contributed by atoms with Gasteiger partial charge in [0.25, 0.3) is 0 Å². The Labute approximate surface area is 232 Å². The van der Waals surface area contributed by atoms with Crippen LogP contribution in [-0.4, -0.2) is 61.8 Å². The highest BCUT2D eigenvalue weighted by molar-refractivity contribution is 5.97. The van der Waals surface area contributed by atoms with Gasteiger partial charge in [0.2, 0.25) is 0 Å². The number of methoxy groups -OCH3 is 1. The van der Waals surface area contributed by atoms with Crippen LogP contribution >= 0.6 is 0 Å². The van der Waals surface area contributed by atoms with E-state index >= 15 is 0 Å². The summed E-state index contributed by atoms with van der Waals surface area (Å²) in [6.07, 6.45) is -6.20. The summed E-state index contributed by atoms with van der Waals surface area (Å²) in [5.41, 5.74) is -0.675. The Morgan fingerprint density at radius 3 is 2.27 bits per heavy atom. The van der Waals surface area contributed by atoms with E-state index in [1.807, 2.05) is 6.92 Å². The van der Waals surface area contributed by atoms with Crippen LogP contribution in [0.15, 0.2) is 0 Å². The van der Waals surface area contributed by atoms with Crippen LogP contribution in [0.3, 0.4) is 0 Å². The quantitative estimate of drug-likeness (QED) is 0.152. The summed E-state index contributed by atoms with van der Waals surface area (Å²) in [6, 6.07) is 0. The normalized spacial score (nSPS) is 32.5. The monoisotopic (exact) mass is 578 g/mol. The molecule has 2 saturated carbocycles. The first kappa shape index (κ1) is 32.3. The van der Waals surface area contributed by atoms with Gasteiger partial charge in [-0.15, -0.1) is 0 Å². The molecule has 10 unspecified atom stereocenters. The van der Waals surface area contributed by atoms with Crippen LogP contribution in [0.5, 0.6) is 0 Å². The summed E-state index contributed by atoms with van der Waals surface area (Å²) in [5, 5.41) is 0. The Balaban J connectivity index is 1.79. The fraction of sp³-hybridized carbons (Fsp3) is 0.857. The second-order valence-corrected chi connectivity index (χ2v) is 12.5. The number of hydrogen-bond donors (Lipinski definition) is 0. The first-order valence-corrected chi connectivity index (χ1v) is 13.8. The highest BCUT2D eigenvalue weighted by atomic mass is 19.4. The third-order valence-electron chi connectivity index (χ3n) is 8.60. The van der Waals surface area contributed by atoms with E-state index in [-0.39, 0.29) is 49.2 Å². The van der Waals surface area contributed by atoms with Gasteiger partial charge in [-0.3, -0.25) is 19.2 Å². The molecule has 0 aromatic heterocycles. The maximum atomic E-state index is 13.0. The molecule has 40 heavy (non-hydrogen) atoms. The number of hydrogen-bond acceptors (Lipinski definition) is 9. The Morgan fingerprint density at radius 1 is 1.07 bits per heavy atom. The molecule has 0 amide bonds.